The lowest BCUT2D eigenvalue weighted by molar-refractivity contribution is -0.145. The van der Waals surface area contributed by atoms with Crippen LogP contribution in [0.1, 0.15) is 25.7 Å². The first kappa shape index (κ1) is 16.0. The second-order valence-corrected chi connectivity index (χ2v) is 7.83. The number of piperazine rings is 1. The summed E-state index contributed by atoms with van der Waals surface area (Å²) >= 11 is 0. The van der Waals surface area contributed by atoms with E-state index in [1.807, 2.05) is 12.1 Å². The van der Waals surface area contributed by atoms with Gasteiger partial charge in [-0.25, -0.2) is 0 Å². The van der Waals surface area contributed by atoms with Crippen LogP contribution in [0.3, 0.4) is 0 Å². The Morgan fingerprint density at radius 3 is 2.96 bits per heavy atom. The molecule has 1 N–H and O–H groups in total. The van der Waals surface area contributed by atoms with Crippen molar-refractivity contribution >= 4 is 17.4 Å². The summed E-state index contributed by atoms with van der Waals surface area (Å²) in [5.41, 5.74) is 0.610. The monoisotopic (exact) mass is 355 g/mol. The van der Waals surface area contributed by atoms with Gasteiger partial charge < -0.3 is 15.1 Å². The summed E-state index contributed by atoms with van der Waals surface area (Å²) in [6, 6.07) is 3.92. The first-order chi connectivity index (χ1) is 12.8. The van der Waals surface area contributed by atoms with E-state index >= 15 is 0 Å². The minimum Gasteiger partial charge on any atom is -0.352 e. The van der Waals surface area contributed by atoms with Gasteiger partial charge in [0.05, 0.1) is 5.41 Å². The molecule has 2 aliphatic heterocycles. The molecule has 2 saturated heterocycles. The Bertz CT molecular complexity index is 813. The maximum Gasteiger partial charge on any atom is 0.230 e. The summed E-state index contributed by atoms with van der Waals surface area (Å²) in [5.74, 6) is 1.83. The average Bonchev–Trinajstić information content (AvgIpc) is 3.34. The molecule has 0 radical (unpaired) electrons. The molecule has 8 heteroatoms. The second-order valence-electron chi connectivity index (χ2n) is 7.83. The summed E-state index contributed by atoms with van der Waals surface area (Å²) in [7, 11) is 0. The molecule has 2 aromatic rings. The number of aromatic nitrogens is 4. The molecule has 0 spiro atoms. The fourth-order valence-corrected chi connectivity index (χ4v) is 5.01. The third kappa shape index (κ3) is 2.46. The molecular formula is C18H25N7O. The molecule has 0 bridgehead atoms. The summed E-state index contributed by atoms with van der Waals surface area (Å²) in [6.07, 6.45) is 6.32. The molecule has 1 aliphatic carbocycles. The maximum absolute atomic E-state index is 13.4. The van der Waals surface area contributed by atoms with E-state index in [4.69, 9.17) is 0 Å². The van der Waals surface area contributed by atoms with Gasteiger partial charge in [0.1, 0.15) is 12.1 Å². The lowest BCUT2D eigenvalue weighted by Gasteiger charge is -2.43. The van der Waals surface area contributed by atoms with Gasteiger partial charge in [0.25, 0.3) is 0 Å². The van der Waals surface area contributed by atoms with Crippen molar-refractivity contribution in [3.63, 3.8) is 0 Å². The standard InChI is InChI=1S/C18H25N7O/c26-17(18-6-2-1-3-14(18)11-19-12-18)24-9-7-23(8-10-24)16-5-4-15-21-20-13-25(15)22-16/h4-5,13-14,19H,1-3,6-12H2/t14-,18+/m0/s1. The molecular weight excluding hydrogens is 330 g/mol. The molecule has 4 heterocycles. The van der Waals surface area contributed by atoms with Gasteiger partial charge in [-0.3, -0.25) is 4.79 Å². The molecule has 8 nitrogen and oxygen atoms in total. The zero-order valence-electron chi connectivity index (χ0n) is 15.0. The van der Waals surface area contributed by atoms with E-state index in [-0.39, 0.29) is 5.41 Å². The Balaban J connectivity index is 1.28. The van der Waals surface area contributed by atoms with Crippen molar-refractivity contribution in [3.8, 4) is 0 Å². The third-order valence-corrected chi connectivity index (χ3v) is 6.50. The molecule has 26 heavy (non-hydrogen) atoms. The van der Waals surface area contributed by atoms with Gasteiger partial charge in [0.2, 0.25) is 5.91 Å². The van der Waals surface area contributed by atoms with Crippen LogP contribution < -0.4 is 10.2 Å². The molecule has 2 aromatic heterocycles. The van der Waals surface area contributed by atoms with Crippen molar-refractivity contribution < 1.29 is 4.79 Å². The first-order valence-electron chi connectivity index (χ1n) is 9.68. The molecule has 1 amide bonds. The summed E-state index contributed by atoms with van der Waals surface area (Å²) in [4.78, 5) is 17.7. The summed E-state index contributed by atoms with van der Waals surface area (Å²) in [6.45, 7) is 5.06. The maximum atomic E-state index is 13.4. The second kappa shape index (κ2) is 6.19. The van der Waals surface area contributed by atoms with Gasteiger partial charge in [-0.05, 0) is 37.4 Å². The van der Waals surface area contributed by atoms with E-state index in [1.54, 1.807) is 10.8 Å². The minimum absolute atomic E-state index is 0.139. The van der Waals surface area contributed by atoms with Crippen LogP contribution in [-0.2, 0) is 4.79 Å². The highest BCUT2D eigenvalue weighted by atomic mass is 16.2. The molecule has 3 aliphatic rings. The minimum atomic E-state index is -0.139. The number of anilines is 1. The van der Waals surface area contributed by atoms with Gasteiger partial charge >= 0.3 is 0 Å². The fraction of sp³-hybridized carbons (Fsp3) is 0.667. The predicted molar refractivity (Wildman–Crippen MR) is 96.8 cm³/mol. The van der Waals surface area contributed by atoms with E-state index in [0.717, 1.165) is 57.2 Å². The van der Waals surface area contributed by atoms with Gasteiger partial charge in [0, 0.05) is 32.7 Å². The van der Waals surface area contributed by atoms with Crippen molar-refractivity contribution in [2.75, 3.05) is 44.2 Å². The van der Waals surface area contributed by atoms with Gasteiger partial charge in [0.15, 0.2) is 5.65 Å². The van der Waals surface area contributed by atoms with E-state index in [9.17, 15) is 4.79 Å². The smallest absolute Gasteiger partial charge is 0.230 e. The first-order valence-corrected chi connectivity index (χ1v) is 9.68. The highest BCUT2D eigenvalue weighted by Crippen LogP contribution is 2.45. The third-order valence-electron chi connectivity index (χ3n) is 6.50. The quantitative estimate of drug-likeness (QED) is 0.848. The van der Waals surface area contributed by atoms with Crippen LogP contribution in [0.4, 0.5) is 5.82 Å². The molecule has 5 rings (SSSR count). The van der Waals surface area contributed by atoms with Crippen molar-refractivity contribution in [2.24, 2.45) is 11.3 Å². The number of carbonyl (C=O) groups excluding carboxylic acids is 1. The van der Waals surface area contributed by atoms with Crippen molar-refractivity contribution in [1.29, 1.82) is 0 Å². The van der Waals surface area contributed by atoms with Gasteiger partial charge in [-0.2, -0.15) is 4.52 Å². The summed E-state index contributed by atoms with van der Waals surface area (Å²) < 4.78 is 1.70. The van der Waals surface area contributed by atoms with E-state index in [0.29, 0.717) is 11.8 Å². The van der Waals surface area contributed by atoms with Crippen LogP contribution in [0.2, 0.25) is 0 Å². The Kier molecular flexibility index (Phi) is 3.81. The number of carbonyl (C=O) groups is 1. The number of hydrogen-bond acceptors (Lipinski definition) is 6. The number of nitrogens with one attached hydrogen (secondary N) is 1. The number of amides is 1. The Labute approximate surface area is 152 Å². The molecule has 0 unspecified atom stereocenters. The Hall–Kier alpha value is -2.22. The van der Waals surface area contributed by atoms with Crippen LogP contribution >= 0.6 is 0 Å². The van der Waals surface area contributed by atoms with E-state index < -0.39 is 0 Å². The van der Waals surface area contributed by atoms with Crippen molar-refractivity contribution in [2.45, 2.75) is 25.7 Å². The van der Waals surface area contributed by atoms with Crippen LogP contribution in [0.5, 0.6) is 0 Å². The van der Waals surface area contributed by atoms with Crippen LogP contribution in [0.25, 0.3) is 5.65 Å². The zero-order valence-corrected chi connectivity index (χ0v) is 15.0. The lowest BCUT2D eigenvalue weighted by atomic mass is 9.67. The van der Waals surface area contributed by atoms with Crippen molar-refractivity contribution in [3.05, 3.63) is 18.5 Å². The predicted octanol–water partition coefficient (Wildman–Crippen LogP) is 0.553. The number of fused-ring (bicyclic) bond motifs is 2. The Morgan fingerprint density at radius 2 is 2.08 bits per heavy atom. The van der Waals surface area contributed by atoms with Gasteiger partial charge in [-0.1, -0.05) is 12.8 Å². The largest absolute Gasteiger partial charge is 0.352 e. The highest BCUT2D eigenvalue weighted by Gasteiger charge is 2.51. The number of hydrogen-bond donors (Lipinski definition) is 1. The fourth-order valence-electron chi connectivity index (χ4n) is 5.01. The molecule has 3 fully saturated rings. The van der Waals surface area contributed by atoms with Crippen LogP contribution in [0, 0.1) is 11.3 Å². The van der Waals surface area contributed by atoms with Crippen LogP contribution in [0.15, 0.2) is 18.5 Å². The average molecular weight is 355 g/mol. The summed E-state index contributed by atoms with van der Waals surface area (Å²) in [5, 5.41) is 15.9. The van der Waals surface area contributed by atoms with Crippen LogP contribution in [-0.4, -0.2) is 69.9 Å². The normalized spacial score (nSPS) is 29.2. The van der Waals surface area contributed by atoms with Crippen molar-refractivity contribution in [1.82, 2.24) is 30.0 Å². The molecule has 1 saturated carbocycles. The highest BCUT2D eigenvalue weighted by molar-refractivity contribution is 5.84. The van der Waals surface area contributed by atoms with Gasteiger partial charge in [-0.15, -0.1) is 15.3 Å². The SMILES string of the molecule is O=C(N1CCN(c2ccc3nncn3n2)CC1)[C@@]12CCCC[C@H]1CNC2. The van der Waals surface area contributed by atoms with E-state index in [1.165, 1.54) is 19.3 Å². The topological polar surface area (TPSA) is 78.7 Å². The number of rotatable bonds is 2. The molecule has 0 aromatic carbocycles. The zero-order chi connectivity index (χ0) is 17.6. The number of nitrogens with zero attached hydrogens (tertiary/aromatic N) is 6. The lowest BCUT2D eigenvalue weighted by Crippen LogP contribution is -2.56. The molecule has 2 atom stereocenters. The van der Waals surface area contributed by atoms with E-state index in [2.05, 4.69) is 30.4 Å². The molecule has 138 valence electrons. The Morgan fingerprint density at radius 1 is 1.19 bits per heavy atom.